The van der Waals surface area contributed by atoms with E-state index in [4.69, 9.17) is 10.2 Å². The van der Waals surface area contributed by atoms with Gasteiger partial charge in [0.25, 0.3) is 0 Å². The second kappa shape index (κ2) is 6.46. The van der Waals surface area contributed by atoms with E-state index >= 15 is 0 Å². The summed E-state index contributed by atoms with van der Waals surface area (Å²) in [6, 6.07) is 0. The van der Waals surface area contributed by atoms with Crippen molar-refractivity contribution >= 4 is 11.9 Å². The van der Waals surface area contributed by atoms with Crippen molar-refractivity contribution in [2.45, 2.75) is 32.6 Å². The van der Waals surface area contributed by atoms with Gasteiger partial charge in [0.2, 0.25) is 0 Å². The van der Waals surface area contributed by atoms with Crippen LogP contribution in [0.5, 0.6) is 0 Å². The first-order valence-corrected chi connectivity index (χ1v) is 4.36. The standard InChI is InChI=1S/C9H15O4/c1-2-3-4-5-6-7(8(10)11)9(12)13/h4,7H,2-3,5-6H2,1H3,(H,10,11)(H,12,13). The van der Waals surface area contributed by atoms with Gasteiger partial charge in [0.15, 0.2) is 5.92 Å². The Hall–Kier alpha value is -1.06. The van der Waals surface area contributed by atoms with Crippen molar-refractivity contribution in [3.05, 3.63) is 6.42 Å². The van der Waals surface area contributed by atoms with Crippen LogP contribution in [0.25, 0.3) is 0 Å². The molecule has 1 radical (unpaired) electrons. The van der Waals surface area contributed by atoms with Gasteiger partial charge in [0, 0.05) is 0 Å². The Morgan fingerprint density at radius 2 is 1.77 bits per heavy atom. The highest BCUT2D eigenvalue weighted by Gasteiger charge is 2.24. The Morgan fingerprint density at radius 1 is 1.23 bits per heavy atom. The summed E-state index contributed by atoms with van der Waals surface area (Å²) in [7, 11) is 0. The Bertz CT molecular complexity index is 162. The van der Waals surface area contributed by atoms with Crippen LogP contribution in [0.1, 0.15) is 32.6 Å². The fourth-order valence-electron chi connectivity index (χ4n) is 0.986. The second-order valence-corrected chi connectivity index (χ2v) is 2.88. The first kappa shape index (κ1) is 11.9. The molecule has 0 unspecified atom stereocenters. The van der Waals surface area contributed by atoms with E-state index in [2.05, 4.69) is 0 Å². The predicted octanol–water partition coefficient (Wildman–Crippen LogP) is 1.56. The van der Waals surface area contributed by atoms with E-state index in [1.54, 1.807) is 0 Å². The smallest absolute Gasteiger partial charge is 0.317 e. The Balaban J connectivity index is 3.71. The monoisotopic (exact) mass is 187 g/mol. The van der Waals surface area contributed by atoms with Crippen molar-refractivity contribution in [3.63, 3.8) is 0 Å². The molecule has 0 aliphatic rings. The van der Waals surface area contributed by atoms with E-state index in [-0.39, 0.29) is 6.42 Å². The van der Waals surface area contributed by atoms with Crippen LogP contribution in [0.4, 0.5) is 0 Å². The molecule has 2 N–H and O–H groups in total. The average Bonchev–Trinajstić information content (AvgIpc) is 2.02. The number of carbonyl (C=O) groups is 2. The minimum atomic E-state index is -1.26. The van der Waals surface area contributed by atoms with Crippen molar-refractivity contribution in [3.8, 4) is 0 Å². The maximum atomic E-state index is 10.4. The van der Waals surface area contributed by atoms with Crippen molar-refractivity contribution in [2.75, 3.05) is 0 Å². The number of carboxylic acid groups (broad SMARTS) is 2. The SMILES string of the molecule is CCC[CH]CCC(C(=O)O)C(=O)O. The molecule has 0 bridgehead atoms. The molecule has 0 aliphatic heterocycles. The number of unbranched alkanes of at least 4 members (excludes halogenated alkanes) is 3. The van der Waals surface area contributed by atoms with Gasteiger partial charge >= 0.3 is 11.9 Å². The van der Waals surface area contributed by atoms with Crippen molar-refractivity contribution in [1.29, 1.82) is 0 Å². The number of hydrogen-bond donors (Lipinski definition) is 2. The largest absolute Gasteiger partial charge is 0.481 e. The molecule has 0 spiro atoms. The summed E-state index contributed by atoms with van der Waals surface area (Å²) in [5, 5.41) is 17.0. The molecular weight excluding hydrogens is 172 g/mol. The van der Waals surface area contributed by atoms with E-state index in [9.17, 15) is 9.59 Å². The summed E-state index contributed by atoms with van der Waals surface area (Å²) in [5.41, 5.74) is 0. The van der Waals surface area contributed by atoms with Gasteiger partial charge in [-0.15, -0.1) is 0 Å². The third-order valence-corrected chi connectivity index (χ3v) is 1.75. The third-order valence-electron chi connectivity index (χ3n) is 1.75. The van der Waals surface area contributed by atoms with E-state index in [0.717, 1.165) is 12.8 Å². The van der Waals surface area contributed by atoms with Crippen LogP contribution in [0, 0.1) is 12.3 Å². The van der Waals surface area contributed by atoms with Gasteiger partial charge in [0.05, 0.1) is 0 Å². The van der Waals surface area contributed by atoms with Crippen LogP contribution in [-0.4, -0.2) is 22.2 Å². The number of aliphatic carboxylic acids is 2. The maximum absolute atomic E-state index is 10.4. The van der Waals surface area contributed by atoms with Crippen molar-refractivity contribution in [2.24, 2.45) is 5.92 Å². The van der Waals surface area contributed by atoms with E-state index in [1.807, 2.05) is 13.3 Å². The maximum Gasteiger partial charge on any atom is 0.317 e. The van der Waals surface area contributed by atoms with Gasteiger partial charge in [-0.2, -0.15) is 0 Å². The molecular formula is C9H15O4. The highest BCUT2D eigenvalue weighted by Crippen LogP contribution is 2.10. The topological polar surface area (TPSA) is 74.6 Å². The Labute approximate surface area is 77.6 Å². The minimum absolute atomic E-state index is 0.185. The molecule has 0 saturated heterocycles. The van der Waals surface area contributed by atoms with Crippen LogP contribution in [-0.2, 0) is 9.59 Å². The van der Waals surface area contributed by atoms with Gasteiger partial charge in [-0.3, -0.25) is 9.59 Å². The fourth-order valence-corrected chi connectivity index (χ4v) is 0.986. The van der Waals surface area contributed by atoms with Crippen LogP contribution in [0.2, 0.25) is 0 Å². The van der Waals surface area contributed by atoms with Crippen LogP contribution in [0.3, 0.4) is 0 Å². The number of carboxylic acids is 2. The van der Waals surface area contributed by atoms with Crippen molar-refractivity contribution in [1.82, 2.24) is 0 Å². The van der Waals surface area contributed by atoms with E-state index < -0.39 is 17.9 Å². The van der Waals surface area contributed by atoms with Gasteiger partial charge < -0.3 is 10.2 Å². The molecule has 0 aliphatic carbocycles. The zero-order chi connectivity index (χ0) is 10.3. The normalized spacial score (nSPS) is 10.3. The van der Waals surface area contributed by atoms with Crippen LogP contribution < -0.4 is 0 Å². The average molecular weight is 187 g/mol. The summed E-state index contributed by atoms with van der Waals surface area (Å²) in [4.78, 5) is 20.8. The van der Waals surface area contributed by atoms with Gasteiger partial charge in [-0.25, -0.2) is 0 Å². The number of rotatable bonds is 7. The van der Waals surface area contributed by atoms with E-state index in [0.29, 0.717) is 6.42 Å². The summed E-state index contributed by atoms with van der Waals surface area (Å²) in [6.07, 6.45) is 4.58. The first-order chi connectivity index (χ1) is 6.09. The molecule has 0 aromatic carbocycles. The molecule has 0 heterocycles. The minimum Gasteiger partial charge on any atom is -0.481 e. The fraction of sp³-hybridized carbons (Fsp3) is 0.667. The summed E-state index contributed by atoms with van der Waals surface area (Å²) in [6.45, 7) is 2.02. The lowest BCUT2D eigenvalue weighted by Gasteiger charge is -2.05. The lowest BCUT2D eigenvalue weighted by atomic mass is 10.0. The number of hydrogen-bond acceptors (Lipinski definition) is 2. The molecule has 0 rings (SSSR count). The molecule has 0 aromatic heterocycles. The second-order valence-electron chi connectivity index (χ2n) is 2.88. The molecule has 75 valence electrons. The molecule has 0 atom stereocenters. The highest BCUT2D eigenvalue weighted by molar-refractivity contribution is 5.92. The molecule has 0 fully saturated rings. The summed E-state index contributed by atoms with van der Waals surface area (Å²) in [5.74, 6) is -3.76. The quantitative estimate of drug-likeness (QED) is 0.468. The summed E-state index contributed by atoms with van der Waals surface area (Å²) < 4.78 is 0. The molecule has 13 heavy (non-hydrogen) atoms. The van der Waals surface area contributed by atoms with Gasteiger partial charge in [-0.05, 0) is 19.3 Å². The molecule has 0 aromatic rings. The zero-order valence-electron chi connectivity index (χ0n) is 7.69. The predicted molar refractivity (Wildman–Crippen MR) is 47.2 cm³/mol. The van der Waals surface area contributed by atoms with Crippen molar-refractivity contribution < 1.29 is 19.8 Å². The first-order valence-electron chi connectivity index (χ1n) is 4.36. The molecule has 4 nitrogen and oxygen atoms in total. The summed E-state index contributed by atoms with van der Waals surface area (Å²) >= 11 is 0. The third kappa shape index (κ3) is 5.22. The lowest BCUT2D eigenvalue weighted by Crippen LogP contribution is -2.23. The van der Waals surface area contributed by atoms with Crippen LogP contribution in [0.15, 0.2) is 0 Å². The highest BCUT2D eigenvalue weighted by atomic mass is 16.4. The Morgan fingerprint density at radius 3 is 2.15 bits per heavy atom. The zero-order valence-corrected chi connectivity index (χ0v) is 7.69. The Kier molecular flexibility index (Phi) is 5.93. The molecule has 0 amide bonds. The lowest BCUT2D eigenvalue weighted by molar-refractivity contribution is -0.154. The molecule has 4 heteroatoms. The van der Waals surface area contributed by atoms with E-state index in [1.165, 1.54) is 0 Å². The molecule has 0 saturated carbocycles. The van der Waals surface area contributed by atoms with Gasteiger partial charge in [0.1, 0.15) is 0 Å². The van der Waals surface area contributed by atoms with Crippen LogP contribution >= 0.6 is 0 Å². The van der Waals surface area contributed by atoms with Gasteiger partial charge in [-0.1, -0.05) is 19.8 Å².